The molecule has 0 heterocycles. The summed E-state index contributed by atoms with van der Waals surface area (Å²) in [6.45, 7) is 13.8. The summed E-state index contributed by atoms with van der Waals surface area (Å²) in [5.41, 5.74) is 5.03. The van der Waals surface area contributed by atoms with Crippen LogP contribution in [0.5, 0.6) is 0 Å². The molecule has 0 aromatic carbocycles. The van der Waals surface area contributed by atoms with Crippen molar-refractivity contribution in [2.45, 2.75) is 27.2 Å². The van der Waals surface area contributed by atoms with Crippen molar-refractivity contribution in [2.75, 3.05) is 6.54 Å². The van der Waals surface area contributed by atoms with Crippen LogP contribution in [0.15, 0.2) is 37.5 Å². The van der Waals surface area contributed by atoms with Crippen molar-refractivity contribution >= 4 is 0 Å². The van der Waals surface area contributed by atoms with Gasteiger partial charge in [-0.05, 0) is 13.0 Å². The Morgan fingerprint density at radius 2 is 1.33 bits per heavy atom. The highest BCUT2D eigenvalue weighted by molar-refractivity contribution is 5.05. The molecule has 1 nitrogen and oxygen atoms in total. The van der Waals surface area contributed by atoms with Crippen molar-refractivity contribution in [3.05, 3.63) is 37.5 Å². The Labute approximate surface area is 77.7 Å². The summed E-state index contributed by atoms with van der Waals surface area (Å²) in [5.74, 6) is 0. The lowest BCUT2D eigenvalue weighted by Gasteiger charge is -1.70. The first-order chi connectivity index (χ1) is 5.83. The lowest BCUT2D eigenvalue weighted by atomic mass is 10.5. The molecule has 2 N–H and O–H groups in total. The number of hydrogen-bond donors (Lipinski definition) is 1. The summed E-state index contributed by atoms with van der Waals surface area (Å²) in [7, 11) is 0. The topological polar surface area (TPSA) is 26.0 Å². The molecule has 0 radical (unpaired) electrons. The maximum absolute atomic E-state index is 5.03. The highest BCUT2D eigenvalue weighted by Crippen LogP contribution is 1.69. The second-order valence-corrected chi connectivity index (χ2v) is 1.64. The summed E-state index contributed by atoms with van der Waals surface area (Å²) in [5, 5.41) is 0. The highest BCUT2D eigenvalue weighted by Gasteiger charge is 1.55. The SMILES string of the molecule is C=C/C=C\C=C.CC.CCCN. The Morgan fingerprint density at radius 1 is 1.08 bits per heavy atom. The van der Waals surface area contributed by atoms with E-state index in [1.54, 1.807) is 12.2 Å². The molecule has 0 atom stereocenters. The summed E-state index contributed by atoms with van der Waals surface area (Å²) in [6, 6.07) is 0. The van der Waals surface area contributed by atoms with Gasteiger partial charge < -0.3 is 5.73 Å². The van der Waals surface area contributed by atoms with Gasteiger partial charge in [0.05, 0.1) is 0 Å². The first-order valence-electron chi connectivity index (χ1n) is 4.43. The summed E-state index contributed by atoms with van der Waals surface area (Å²) < 4.78 is 0. The quantitative estimate of drug-likeness (QED) is 0.644. The maximum Gasteiger partial charge on any atom is -0.00799 e. The van der Waals surface area contributed by atoms with Gasteiger partial charge in [-0.25, -0.2) is 0 Å². The molecule has 0 aliphatic rings. The minimum absolute atomic E-state index is 0.819. The molecule has 0 bridgehead atoms. The van der Waals surface area contributed by atoms with Crippen LogP contribution < -0.4 is 5.73 Å². The van der Waals surface area contributed by atoms with Crippen LogP contribution in [0.1, 0.15) is 27.2 Å². The summed E-state index contributed by atoms with van der Waals surface area (Å²) in [6.07, 6.45) is 8.17. The van der Waals surface area contributed by atoms with Gasteiger partial charge in [0, 0.05) is 0 Å². The average Bonchev–Trinajstić information content (AvgIpc) is 2.18. The van der Waals surface area contributed by atoms with Gasteiger partial charge >= 0.3 is 0 Å². The van der Waals surface area contributed by atoms with Gasteiger partial charge in [0.2, 0.25) is 0 Å². The van der Waals surface area contributed by atoms with Gasteiger partial charge in [-0.2, -0.15) is 0 Å². The normalized spacial score (nSPS) is 7.33. The molecule has 0 saturated carbocycles. The zero-order valence-corrected chi connectivity index (χ0v) is 8.72. The maximum atomic E-state index is 5.03. The van der Waals surface area contributed by atoms with E-state index in [1.807, 2.05) is 26.0 Å². The second kappa shape index (κ2) is 32.0. The molecule has 0 aliphatic heterocycles. The van der Waals surface area contributed by atoms with E-state index >= 15 is 0 Å². The predicted octanol–water partition coefficient (Wildman–Crippen LogP) is 3.30. The third-order valence-electron chi connectivity index (χ3n) is 0.672. The van der Waals surface area contributed by atoms with E-state index < -0.39 is 0 Å². The predicted molar refractivity (Wildman–Crippen MR) is 60.2 cm³/mol. The van der Waals surface area contributed by atoms with E-state index in [1.165, 1.54) is 0 Å². The van der Waals surface area contributed by atoms with Crippen LogP contribution in [0, 0.1) is 0 Å². The number of rotatable bonds is 3. The molecular formula is C11H23N. The van der Waals surface area contributed by atoms with Crippen molar-refractivity contribution < 1.29 is 0 Å². The Kier molecular flexibility index (Phi) is 46.1. The fourth-order valence-corrected chi connectivity index (χ4v) is 0.157. The zero-order valence-electron chi connectivity index (χ0n) is 8.72. The minimum atomic E-state index is 0.819. The average molecular weight is 169 g/mol. The van der Waals surface area contributed by atoms with E-state index in [2.05, 4.69) is 20.1 Å². The first-order valence-corrected chi connectivity index (χ1v) is 4.43. The van der Waals surface area contributed by atoms with Gasteiger partial charge in [0.1, 0.15) is 0 Å². The molecule has 0 aliphatic carbocycles. The largest absolute Gasteiger partial charge is 0.330 e. The first kappa shape index (κ1) is 17.3. The fraction of sp³-hybridized carbons (Fsp3) is 0.455. The molecule has 0 spiro atoms. The third kappa shape index (κ3) is 60.7. The zero-order chi connectivity index (χ0) is 10.2. The Balaban J connectivity index is -0.000000118. The number of hydrogen-bond acceptors (Lipinski definition) is 1. The molecule has 0 saturated heterocycles. The van der Waals surface area contributed by atoms with Crippen LogP contribution >= 0.6 is 0 Å². The van der Waals surface area contributed by atoms with E-state index in [4.69, 9.17) is 5.73 Å². The van der Waals surface area contributed by atoms with E-state index in [9.17, 15) is 0 Å². The Morgan fingerprint density at radius 3 is 1.42 bits per heavy atom. The van der Waals surface area contributed by atoms with Crippen LogP contribution in [0.3, 0.4) is 0 Å². The second-order valence-electron chi connectivity index (χ2n) is 1.64. The van der Waals surface area contributed by atoms with Gasteiger partial charge in [-0.1, -0.05) is 58.2 Å². The van der Waals surface area contributed by atoms with Gasteiger partial charge in [-0.15, -0.1) is 0 Å². The Bertz CT molecular complexity index is 81.2. The molecule has 12 heavy (non-hydrogen) atoms. The Hall–Kier alpha value is -0.820. The van der Waals surface area contributed by atoms with Crippen molar-refractivity contribution in [1.29, 1.82) is 0 Å². The molecule has 1 heteroatoms. The molecular weight excluding hydrogens is 146 g/mol. The molecule has 72 valence electrons. The smallest absolute Gasteiger partial charge is 0.00799 e. The van der Waals surface area contributed by atoms with Crippen molar-refractivity contribution in [1.82, 2.24) is 0 Å². The molecule has 0 aromatic heterocycles. The fourth-order valence-electron chi connectivity index (χ4n) is 0.157. The monoisotopic (exact) mass is 169 g/mol. The molecule has 0 unspecified atom stereocenters. The molecule has 0 aromatic rings. The van der Waals surface area contributed by atoms with Crippen LogP contribution in [0.2, 0.25) is 0 Å². The van der Waals surface area contributed by atoms with Gasteiger partial charge in [0.15, 0.2) is 0 Å². The molecule has 0 amide bonds. The van der Waals surface area contributed by atoms with Gasteiger partial charge in [0.25, 0.3) is 0 Å². The molecule has 0 rings (SSSR count). The lowest BCUT2D eigenvalue weighted by Crippen LogP contribution is -1.93. The van der Waals surface area contributed by atoms with Gasteiger partial charge in [-0.3, -0.25) is 0 Å². The summed E-state index contributed by atoms with van der Waals surface area (Å²) in [4.78, 5) is 0. The van der Waals surface area contributed by atoms with E-state index in [-0.39, 0.29) is 0 Å². The lowest BCUT2D eigenvalue weighted by molar-refractivity contribution is 0.932. The van der Waals surface area contributed by atoms with Crippen molar-refractivity contribution in [3.63, 3.8) is 0 Å². The third-order valence-corrected chi connectivity index (χ3v) is 0.672. The van der Waals surface area contributed by atoms with Crippen molar-refractivity contribution in [3.8, 4) is 0 Å². The van der Waals surface area contributed by atoms with E-state index in [0.717, 1.165) is 13.0 Å². The number of allylic oxidation sites excluding steroid dienone is 4. The van der Waals surface area contributed by atoms with Crippen molar-refractivity contribution in [2.24, 2.45) is 5.73 Å². The van der Waals surface area contributed by atoms with Crippen LogP contribution in [-0.2, 0) is 0 Å². The standard InChI is InChI=1S/C6H8.C3H9N.C2H6/c1-3-5-6-4-2;1-2-3-4;1-2/h3-6H,1-2H2;2-4H2,1H3;1-2H3/b6-5-;;. The highest BCUT2D eigenvalue weighted by atomic mass is 14.5. The summed E-state index contributed by atoms with van der Waals surface area (Å²) >= 11 is 0. The van der Waals surface area contributed by atoms with E-state index in [0.29, 0.717) is 0 Å². The van der Waals surface area contributed by atoms with Crippen LogP contribution in [0.25, 0.3) is 0 Å². The minimum Gasteiger partial charge on any atom is -0.330 e. The molecule has 0 fully saturated rings. The number of nitrogens with two attached hydrogens (primary N) is 1. The van der Waals surface area contributed by atoms with Crippen LogP contribution in [-0.4, -0.2) is 6.54 Å². The van der Waals surface area contributed by atoms with Crippen LogP contribution in [0.4, 0.5) is 0 Å².